The van der Waals surface area contributed by atoms with Crippen LogP contribution in [0.4, 0.5) is 0 Å². The third kappa shape index (κ3) is 1.58. The second-order valence-electron chi connectivity index (χ2n) is 2.84. The van der Waals surface area contributed by atoms with Crippen LogP contribution in [0.1, 0.15) is 5.56 Å². The lowest BCUT2D eigenvalue weighted by Gasteiger charge is -2.00. The normalized spacial score (nSPS) is 10.8. The van der Waals surface area contributed by atoms with Gasteiger partial charge in [0.1, 0.15) is 0 Å². The fraction of sp³-hybridized carbons (Fsp3) is 0.200. The van der Waals surface area contributed by atoms with Gasteiger partial charge < -0.3 is 4.74 Å². The molecule has 0 aliphatic heterocycles. The van der Waals surface area contributed by atoms with E-state index < -0.39 is 0 Å². The van der Waals surface area contributed by atoms with E-state index in [1.54, 1.807) is 18.4 Å². The molecule has 1 heterocycles. The number of halogens is 2. The molecular weight excluding hydrogens is 239 g/mol. The summed E-state index contributed by atoms with van der Waals surface area (Å²) in [6.45, 7) is 0. The fourth-order valence-corrected chi connectivity index (χ4v) is 2.85. The summed E-state index contributed by atoms with van der Waals surface area (Å²) < 4.78 is 6.33. The molecule has 4 heteroatoms. The summed E-state index contributed by atoms with van der Waals surface area (Å²) in [5.74, 6) is 0.427. The van der Waals surface area contributed by atoms with Gasteiger partial charge in [0, 0.05) is 21.0 Å². The Morgan fingerprint density at radius 2 is 2.21 bits per heavy atom. The maximum atomic E-state index is 6.04. The lowest BCUT2D eigenvalue weighted by Crippen LogP contribution is -1.80. The van der Waals surface area contributed by atoms with Crippen molar-refractivity contribution < 1.29 is 4.74 Å². The molecule has 0 saturated heterocycles. The summed E-state index contributed by atoms with van der Waals surface area (Å²) in [6.07, 6.45) is 0. The molecule has 0 bridgehead atoms. The van der Waals surface area contributed by atoms with Gasteiger partial charge in [0.15, 0.2) is 5.06 Å². The van der Waals surface area contributed by atoms with Gasteiger partial charge in [-0.05, 0) is 23.8 Å². The molecule has 0 fully saturated rings. The number of alkyl halides is 1. The number of hydrogen-bond donors (Lipinski definition) is 0. The summed E-state index contributed by atoms with van der Waals surface area (Å²) in [4.78, 5) is 0. The van der Waals surface area contributed by atoms with Crippen LogP contribution in [0.25, 0.3) is 10.1 Å². The van der Waals surface area contributed by atoms with E-state index in [2.05, 4.69) is 0 Å². The first-order chi connectivity index (χ1) is 6.76. The number of benzene rings is 1. The molecule has 1 aromatic carbocycles. The first-order valence-corrected chi connectivity index (χ1v) is 5.80. The minimum atomic E-state index is 0.427. The molecule has 14 heavy (non-hydrogen) atoms. The van der Waals surface area contributed by atoms with Crippen LogP contribution in [0, 0.1) is 0 Å². The van der Waals surface area contributed by atoms with Gasteiger partial charge in [-0.3, -0.25) is 0 Å². The number of ether oxygens (including phenoxy) is 1. The monoisotopic (exact) mass is 246 g/mol. The van der Waals surface area contributed by atoms with E-state index in [0.717, 1.165) is 20.7 Å². The zero-order valence-corrected chi connectivity index (χ0v) is 9.84. The molecule has 2 aromatic rings. The Kier molecular flexibility index (Phi) is 2.86. The van der Waals surface area contributed by atoms with Crippen molar-refractivity contribution in [2.45, 2.75) is 5.88 Å². The van der Waals surface area contributed by atoms with E-state index in [0.29, 0.717) is 10.9 Å². The topological polar surface area (TPSA) is 9.23 Å². The molecular formula is C10H8Cl2OS. The Labute approximate surface area is 96.2 Å². The number of rotatable bonds is 2. The molecule has 0 atom stereocenters. The van der Waals surface area contributed by atoms with Gasteiger partial charge >= 0.3 is 0 Å². The maximum Gasteiger partial charge on any atom is 0.174 e. The molecule has 0 saturated carbocycles. The molecule has 1 aromatic heterocycles. The Bertz CT molecular complexity index is 464. The van der Waals surface area contributed by atoms with Crippen LogP contribution in [0.2, 0.25) is 5.02 Å². The zero-order chi connectivity index (χ0) is 10.1. The van der Waals surface area contributed by atoms with Gasteiger partial charge in [-0.25, -0.2) is 0 Å². The third-order valence-electron chi connectivity index (χ3n) is 2.07. The summed E-state index contributed by atoms with van der Waals surface area (Å²) >= 11 is 13.5. The fourth-order valence-electron chi connectivity index (χ4n) is 1.36. The Morgan fingerprint density at radius 1 is 1.43 bits per heavy atom. The molecule has 74 valence electrons. The lowest BCUT2D eigenvalue weighted by molar-refractivity contribution is 0.427. The van der Waals surface area contributed by atoms with Crippen LogP contribution in [-0.2, 0) is 5.88 Å². The van der Waals surface area contributed by atoms with Gasteiger partial charge in [0.25, 0.3) is 0 Å². The summed E-state index contributed by atoms with van der Waals surface area (Å²) in [7, 11) is 1.66. The number of thiophene rings is 1. The summed E-state index contributed by atoms with van der Waals surface area (Å²) in [6, 6.07) is 5.84. The van der Waals surface area contributed by atoms with Gasteiger partial charge in [0.05, 0.1) is 7.11 Å². The predicted octanol–water partition coefficient (Wildman–Crippen LogP) is 4.30. The van der Waals surface area contributed by atoms with E-state index in [1.807, 2.05) is 18.2 Å². The number of fused-ring (bicyclic) bond motifs is 1. The van der Waals surface area contributed by atoms with Crippen molar-refractivity contribution in [2.75, 3.05) is 7.11 Å². The third-order valence-corrected chi connectivity index (χ3v) is 3.75. The molecule has 1 nitrogen and oxygen atoms in total. The van der Waals surface area contributed by atoms with Crippen molar-refractivity contribution in [3.05, 3.63) is 28.8 Å². The summed E-state index contributed by atoms with van der Waals surface area (Å²) in [5, 5.41) is 2.69. The highest BCUT2D eigenvalue weighted by molar-refractivity contribution is 7.20. The van der Waals surface area contributed by atoms with E-state index in [1.165, 1.54) is 0 Å². The first-order valence-electron chi connectivity index (χ1n) is 4.07. The quantitative estimate of drug-likeness (QED) is 0.719. The minimum absolute atomic E-state index is 0.427. The Balaban J connectivity index is 2.73. The first kappa shape index (κ1) is 10.1. The van der Waals surface area contributed by atoms with Crippen LogP contribution < -0.4 is 4.74 Å². The summed E-state index contributed by atoms with van der Waals surface area (Å²) in [5.41, 5.74) is 0.977. The molecule has 0 amide bonds. The van der Waals surface area contributed by atoms with Crippen LogP contribution in [0.5, 0.6) is 5.06 Å². The van der Waals surface area contributed by atoms with Gasteiger partial charge in [-0.2, -0.15) is 0 Å². The molecule has 0 unspecified atom stereocenters. The smallest absolute Gasteiger partial charge is 0.174 e. The maximum absolute atomic E-state index is 6.04. The molecule has 0 aliphatic carbocycles. The largest absolute Gasteiger partial charge is 0.487 e. The van der Waals surface area contributed by atoms with Crippen molar-refractivity contribution in [1.82, 2.24) is 0 Å². The van der Waals surface area contributed by atoms with Crippen LogP contribution >= 0.6 is 34.5 Å². The van der Waals surface area contributed by atoms with Crippen molar-refractivity contribution >= 4 is 44.6 Å². The highest BCUT2D eigenvalue weighted by Crippen LogP contribution is 2.36. The molecule has 0 aliphatic rings. The highest BCUT2D eigenvalue weighted by Gasteiger charge is 2.08. The second kappa shape index (κ2) is 3.97. The molecule has 0 radical (unpaired) electrons. The van der Waals surface area contributed by atoms with Crippen molar-refractivity contribution in [2.24, 2.45) is 0 Å². The Morgan fingerprint density at radius 3 is 2.86 bits per heavy atom. The van der Waals surface area contributed by atoms with Crippen LogP contribution in [0.3, 0.4) is 0 Å². The SMILES string of the molecule is COc1cc2c(CCl)c(Cl)ccc2s1. The van der Waals surface area contributed by atoms with Crippen molar-refractivity contribution in [1.29, 1.82) is 0 Å². The standard InChI is InChI=1S/C10H8Cl2OS/c1-13-10-4-6-7(5-11)8(12)2-3-9(6)14-10/h2-4H,5H2,1H3. The number of methoxy groups -OCH3 is 1. The lowest BCUT2D eigenvalue weighted by atomic mass is 10.1. The molecule has 0 N–H and O–H groups in total. The van der Waals surface area contributed by atoms with Gasteiger partial charge in [-0.15, -0.1) is 11.6 Å². The number of hydrogen-bond acceptors (Lipinski definition) is 2. The van der Waals surface area contributed by atoms with Crippen molar-refractivity contribution in [3.63, 3.8) is 0 Å². The highest BCUT2D eigenvalue weighted by atomic mass is 35.5. The molecule has 0 spiro atoms. The van der Waals surface area contributed by atoms with Crippen molar-refractivity contribution in [3.8, 4) is 5.06 Å². The van der Waals surface area contributed by atoms with Gasteiger partial charge in [0.2, 0.25) is 0 Å². The minimum Gasteiger partial charge on any atom is -0.487 e. The average Bonchev–Trinajstić information content (AvgIpc) is 2.60. The van der Waals surface area contributed by atoms with E-state index in [4.69, 9.17) is 27.9 Å². The van der Waals surface area contributed by atoms with E-state index in [-0.39, 0.29) is 0 Å². The second-order valence-corrected chi connectivity index (χ2v) is 4.56. The van der Waals surface area contributed by atoms with Crippen LogP contribution in [0.15, 0.2) is 18.2 Å². The van der Waals surface area contributed by atoms with Gasteiger partial charge in [-0.1, -0.05) is 22.9 Å². The van der Waals surface area contributed by atoms with Crippen LogP contribution in [-0.4, -0.2) is 7.11 Å². The zero-order valence-electron chi connectivity index (χ0n) is 7.51. The van der Waals surface area contributed by atoms with E-state index in [9.17, 15) is 0 Å². The molecule has 2 rings (SSSR count). The predicted molar refractivity (Wildman–Crippen MR) is 62.9 cm³/mol. The Hall–Kier alpha value is -0.440. The van der Waals surface area contributed by atoms with E-state index >= 15 is 0 Å². The average molecular weight is 247 g/mol.